The van der Waals surface area contributed by atoms with Crippen LogP contribution in [0.1, 0.15) is 10.4 Å². The third-order valence-corrected chi connectivity index (χ3v) is 3.92. The standard InChI is InChI=1S/C17H13N3O4S/c21-15(22)9-24-13-3-1-2-12(8-13)14-10-25-17(19-14)20-16(23)11-4-6-18-7-5-11/h1-8,10H,9H2,(H,21,22)(H,19,20,23). The summed E-state index contributed by atoms with van der Waals surface area (Å²) in [4.78, 5) is 30.9. The van der Waals surface area contributed by atoms with Gasteiger partial charge in [-0.05, 0) is 24.3 Å². The molecule has 8 heteroatoms. The fraction of sp³-hybridized carbons (Fsp3) is 0.0588. The molecular weight excluding hydrogens is 342 g/mol. The highest BCUT2D eigenvalue weighted by Gasteiger charge is 2.10. The van der Waals surface area contributed by atoms with E-state index in [0.717, 1.165) is 5.56 Å². The lowest BCUT2D eigenvalue weighted by molar-refractivity contribution is -0.139. The van der Waals surface area contributed by atoms with E-state index in [0.29, 0.717) is 22.1 Å². The minimum Gasteiger partial charge on any atom is -0.482 e. The minimum absolute atomic E-state index is 0.262. The first-order chi connectivity index (χ1) is 12.1. The average Bonchev–Trinajstić information content (AvgIpc) is 3.09. The highest BCUT2D eigenvalue weighted by molar-refractivity contribution is 7.14. The van der Waals surface area contributed by atoms with Crippen molar-refractivity contribution in [2.24, 2.45) is 0 Å². The summed E-state index contributed by atoms with van der Waals surface area (Å²) in [6.07, 6.45) is 3.09. The van der Waals surface area contributed by atoms with Crippen LogP contribution in [0.4, 0.5) is 5.13 Å². The van der Waals surface area contributed by atoms with Crippen LogP contribution in [0.15, 0.2) is 54.2 Å². The molecule has 1 amide bonds. The molecule has 2 heterocycles. The summed E-state index contributed by atoms with van der Waals surface area (Å²) in [6.45, 7) is -0.409. The second kappa shape index (κ2) is 7.54. The Bertz CT molecular complexity index is 896. The summed E-state index contributed by atoms with van der Waals surface area (Å²) < 4.78 is 5.16. The molecule has 126 valence electrons. The SMILES string of the molecule is O=C(O)COc1cccc(-c2csc(NC(=O)c3ccncc3)n2)c1. The molecule has 0 saturated heterocycles. The van der Waals surface area contributed by atoms with Crippen LogP contribution in [0.5, 0.6) is 5.75 Å². The van der Waals surface area contributed by atoms with Gasteiger partial charge in [0, 0.05) is 28.9 Å². The number of carboxylic acids is 1. The van der Waals surface area contributed by atoms with Crippen LogP contribution < -0.4 is 10.1 Å². The molecule has 0 fully saturated rings. The van der Waals surface area contributed by atoms with E-state index in [1.165, 1.54) is 11.3 Å². The van der Waals surface area contributed by atoms with Crippen molar-refractivity contribution >= 4 is 28.3 Å². The summed E-state index contributed by atoms with van der Waals surface area (Å²) in [5.41, 5.74) is 1.93. The monoisotopic (exact) mass is 355 g/mol. The van der Waals surface area contributed by atoms with Crippen molar-refractivity contribution in [3.8, 4) is 17.0 Å². The molecule has 25 heavy (non-hydrogen) atoms. The Morgan fingerprint density at radius 1 is 1.20 bits per heavy atom. The van der Waals surface area contributed by atoms with Gasteiger partial charge in [-0.15, -0.1) is 11.3 Å². The second-order valence-corrected chi connectivity index (χ2v) is 5.80. The maximum absolute atomic E-state index is 12.1. The van der Waals surface area contributed by atoms with Gasteiger partial charge < -0.3 is 9.84 Å². The lowest BCUT2D eigenvalue weighted by atomic mass is 10.2. The Labute approximate surface area is 147 Å². The zero-order valence-corrected chi connectivity index (χ0v) is 13.7. The van der Waals surface area contributed by atoms with E-state index < -0.39 is 12.6 Å². The number of thiazole rings is 1. The van der Waals surface area contributed by atoms with E-state index in [-0.39, 0.29) is 5.91 Å². The number of carboxylic acid groups (broad SMARTS) is 1. The number of aromatic nitrogens is 2. The highest BCUT2D eigenvalue weighted by atomic mass is 32.1. The van der Waals surface area contributed by atoms with E-state index in [9.17, 15) is 9.59 Å². The number of carbonyl (C=O) groups excluding carboxylic acids is 1. The molecule has 2 aromatic heterocycles. The van der Waals surface area contributed by atoms with Crippen molar-refractivity contribution in [2.75, 3.05) is 11.9 Å². The molecule has 3 rings (SSSR count). The van der Waals surface area contributed by atoms with E-state index in [1.807, 2.05) is 6.07 Å². The molecule has 0 bridgehead atoms. The molecule has 0 aliphatic heterocycles. The van der Waals surface area contributed by atoms with E-state index in [2.05, 4.69) is 15.3 Å². The van der Waals surface area contributed by atoms with Crippen molar-refractivity contribution < 1.29 is 19.4 Å². The topological polar surface area (TPSA) is 101 Å². The van der Waals surface area contributed by atoms with Crippen LogP contribution >= 0.6 is 11.3 Å². The molecule has 0 atom stereocenters. The predicted octanol–water partition coefficient (Wildman–Crippen LogP) is 2.92. The van der Waals surface area contributed by atoms with Crippen LogP contribution in [0.25, 0.3) is 11.3 Å². The van der Waals surface area contributed by atoms with Gasteiger partial charge in [0.25, 0.3) is 5.91 Å². The molecule has 0 radical (unpaired) electrons. The fourth-order valence-electron chi connectivity index (χ4n) is 2.03. The maximum Gasteiger partial charge on any atom is 0.341 e. The number of nitrogens with one attached hydrogen (secondary N) is 1. The molecule has 2 N–H and O–H groups in total. The number of benzene rings is 1. The van der Waals surface area contributed by atoms with Gasteiger partial charge in [-0.3, -0.25) is 15.1 Å². The number of nitrogens with zero attached hydrogens (tertiary/aromatic N) is 2. The molecule has 0 aliphatic carbocycles. The quantitative estimate of drug-likeness (QED) is 0.705. The number of rotatable bonds is 6. The van der Waals surface area contributed by atoms with Crippen molar-refractivity contribution in [3.05, 3.63) is 59.7 Å². The predicted molar refractivity (Wildman–Crippen MR) is 92.9 cm³/mol. The number of ether oxygens (including phenoxy) is 1. The number of amides is 1. The van der Waals surface area contributed by atoms with Gasteiger partial charge in [-0.2, -0.15) is 0 Å². The van der Waals surface area contributed by atoms with E-state index in [4.69, 9.17) is 9.84 Å². The second-order valence-electron chi connectivity index (χ2n) is 4.94. The Morgan fingerprint density at radius 3 is 2.76 bits per heavy atom. The van der Waals surface area contributed by atoms with E-state index >= 15 is 0 Å². The number of anilines is 1. The van der Waals surface area contributed by atoms with Crippen molar-refractivity contribution in [1.29, 1.82) is 0 Å². The van der Waals surface area contributed by atoms with Gasteiger partial charge >= 0.3 is 5.97 Å². The van der Waals surface area contributed by atoms with Crippen LogP contribution in [-0.2, 0) is 4.79 Å². The zero-order valence-electron chi connectivity index (χ0n) is 12.9. The number of aliphatic carboxylic acids is 1. The van der Waals surface area contributed by atoms with Crippen LogP contribution in [-0.4, -0.2) is 33.6 Å². The summed E-state index contributed by atoms with van der Waals surface area (Å²) in [5.74, 6) is -0.864. The molecule has 7 nitrogen and oxygen atoms in total. The van der Waals surface area contributed by atoms with Gasteiger partial charge in [0.05, 0.1) is 5.69 Å². The van der Waals surface area contributed by atoms with Gasteiger partial charge in [0.2, 0.25) is 0 Å². The van der Waals surface area contributed by atoms with E-state index in [1.54, 1.807) is 48.1 Å². The molecule has 0 saturated carbocycles. The van der Waals surface area contributed by atoms with Gasteiger partial charge in [0.1, 0.15) is 5.75 Å². The summed E-state index contributed by atoms with van der Waals surface area (Å²) in [7, 11) is 0. The highest BCUT2D eigenvalue weighted by Crippen LogP contribution is 2.27. The average molecular weight is 355 g/mol. The molecule has 0 aliphatic rings. The number of hydrogen-bond donors (Lipinski definition) is 2. The molecule has 0 spiro atoms. The van der Waals surface area contributed by atoms with Crippen LogP contribution in [0.3, 0.4) is 0 Å². The summed E-state index contributed by atoms with van der Waals surface area (Å²) in [5, 5.41) is 13.7. The van der Waals surface area contributed by atoms with Crippen LogP contribution in [0.2, 0.25) is 0 Å². The third-order valence-electron chi connectivity index (χ3n) is 3.16. The van der Waals surface area contributed by atoms with Crippen LogP contribution in [0, 0.1) is 0 Å². The van der Waals surface area contributed by atoms with Crippen molar-refractivity contribution in [1.82, 2.24) is 9.97 Å². The normalized spacial score (nSPS) is 10.2. The Morgan fingerprint density at radius 2 is 2.00 bits per heavy atom. The van der Waals surface area contributed by atoms with Crippen molar-refractivity contribution in [3.63, 3.8) is 0 Å². The Kier molecular flexibility index (Phi) is 5.00. The largest absolute Gasteiger partial charge is 0.482 e. The molecular formula is C17H13N3O4S. The third kappa shape index (κ3) is 4.39. The maximum atomic E-state index is 12.1. The molecule has 3 aromatic rings. The number of hydrogen-bond acceptors (Lipinski definition) is 6. The first kappa shape index (κ1) is 16.6. The van der Waals surface area contributed by atoms with Gasteiger partial charge in [0.15, 0.2) is 11.7 Å². The van der Waals surface area contributed by atoms with Gasteiger partial charge in [-0.25, -0.2) is 9.78 Å². The number of pyridine rings is 1. The fourth-order valence-corrected chi connectivity index (χ4v) is 2.74. The first-order valence-electron chi connectivity index (χ1n) is 7.24. The van der Waals surface area contributed by atoms with Crippen molar-refractivity contribution in [2.45, 2.75) is 0 Å². The minimum atomic E-state index is -1.04. The lowest BCUT2D eigenvalue weighted by Crippen LogP contribution is -2.11. The Hall–Kier alpha value is -3.26. The summed E-state index contributed by atoms with van der Waals surface area (Å²) in [6, 6.07) is 10.2. The summed E-state index contributed by atoms with van der Waals surface area (Å²) >= 11 is 1.30. The Balaban J connectivity index is 1.72. The molecule has 1 aromatic carbocycles. The number of carbonyl (C=O) groups is 2. The molecule has 0 unspecified atom stereocenters. The smallest absolute Gasteiger partial charge is 0.341 e. The lowest BCUT2D eigenvalue weighted by Gasteiger charge is -2.04. The van der Waals surface area contributed by atoms with Gasteiger partial charge in [-0.1, -0.05) is 12.1 Å². The first-order valence-corrected chi connectivity index (χ1v) is 8.12. The zero-order chi connectivity index (χ0) is 17.6.